The molecule has 0 spiro atoms. The molecule has 0 radical (unpaired) electrons. The zero-order valence-corrected chi connectivity index (χ0v) is 16.5. The van der Waals surface area contributed by atoms with Gasteiger partial charge in [-0.25, -0.2) is 16.8 Å². The molecule has 0 aromatic heterocycles. The van der Waals surface area contributed by atoms with Crippen LogP contribution in [0.1, 0.15) is 18.4 Å². The average Bonchev–Trinajstić information content (AvgIpc) is 3.18. The molecule has 1 aliphatic heterocycles. The van der Waals surface area contributed by atoms with Gasteiger partial charge in [-0.05, 0) is 54.8 Å². The maximum absolute atomic E-state index is 12.5. The topological polar surface area (TPSA) is 121 Å². The summed E-state index contributed by atoms with van der Waals surface area (Å²) >= 11 is 0. The Balaban J connectivity index is 1.76. The lowest BCUT2D eigenvalue weighted by Gasteiger charge is -2.15. The minimum atomic E-state index is -3.91. The van der Waals surface area contributed by atoms with Gasteiger partial charge in [-0.3, -0.25) is 9.52 Å². The molecule has 10 heteroatoms. The molecule has 0 aliphatic carbocycles. The van der Waals surface area contributed by atoms with E-state index in [1.165, 1.54) is 52.8 Å². The number of carboxylic acid groups (broad SMARTS) is 1. The van der Waals surface area contributed by atoms with Gasteiger partial charge < -0.3 is 5.11 Å². The van der Waals surface area contributed by atoms with E-state index in [-0.39, 0.29) is 21.9 Å². The van der Waals surface area contributed by atoms with Crippen molar-refractivity contribution in [1.29, 1.82) is 0 Å². The molecule has 1 heterocycles. The van der Waals surface area contributed by atoms with Gasteiger partial charge >= 0.3 is 5.97 Å². The Bertz CT molecular complexity index is 1060. The Kier molecular flexibility index (Phi) is 5.73. The van der Waals surface area contributed by atoms with Crippen LogP contribution in [0.15, 0.2) is 58.3 Å². The predicted molar refractivity (Wildman–Crippen MR) is 103 cm³/mol. The van der Waals surface area contributed by atoms with Crippen LogP contribution in [0, 0.1) is 0 Å². The summed E-state index contributed by atoms with van der Waals surface area (Å²) in [4.78, 5) is 10.7. The first-order valence-electron chi connectivity index (χ1n) is 8.62. The Morgan fingerprint density at radius 3 is 1.96 bits per heavy atom. The summed E-state index contributed by atoms with van der Waals surface area (Å²) in [6.45, 7) is 0.948. The van der Waals surface area contributed by atoms with E-state index in [1.54, 1.807) is 0 Å². The standard InChI is InChI=1S/C18H20N2O6S2/c21-18(22)13-14-3-5-15(6-4-14)19-27(23,24)16-7-9-17(10-8-16)28(25,26)20-11-1-2-12-20/h3-10,19H,1-2,11-13H2,(H,21,22). The number of anilines is 1. The molecule has 1 aliphatic rings. The van der Waals surface area contributed by atoms with E-state index in [9.17, 15) is 21.6 Å². The number of nitrogens with one attached hydrogen (secondary N) is 1. The molecule has 150 valence electrons. The number of aliphatic carboxylic acids is 1. The van der Waals surface area contributed by atoms with Gasteiger partial charge in [0.2, 0.25) is 10.0 Å². The fourth-order valence-electron chi connectivity index (χ4n) is 2.95. The van der Waals surface area contributed by atoms with Crippen LogP contribution in [0.4, 0.5) is 5.69 Å². The maximum Gasteiger partial charge on any atom is 0.307 e. The van der Waals surface area contributed by atoms with Crippen molar-refractivity contribution in [3.8, 4) is 0 Å². The second-order valence-corrected chi connectivity index (χ2v) is 10.1. The van der Waals surface area contributed by atoms with Crippen molar-refractivity contribution < 1.29 is 26.7 Å². The Morgan fingerprint density at radius 1 is 0.893 bits per heavy atom. The highest BCUT2D eigenvalue weighted by Gasteiger charge is 2.27. The fourth-order valence-corrected chi connectivity index (χ4v) is 5.52. The van der Waals surface area contributed by atoms with Crippen molar-refractivity contribution in [2.75, 3.05) is 17.8 Å². The quantitative estimate of drug-likeness (QED) is 0.700. The van der Waals surface area contributed by atoms with Gasteiger partial charge in [-0.2, -0.15) is 4.31 Å². The molecule has 0 amide bonds. The normalized spacial score (nSPS) is 15.4. The van der Waals surface area contributed by atoms with Gasteiger partial charge in [-0.1, -0.05) is 12.1 Å². The molecule has 2 N–H and O–H groups in total. The van der Waals surface area contributed by atoms with Crippen molar-refractivity contribution in [2.24, 2.45) is 0 Å². The predicted octanol–water partition coefficient (Wildman–Crippen LogP) is 1.90. The number of sulfonamides is 2. The number of hydrogen-bond donors (Lipinski definition) is 2. The van der Waals surface area contributed by atoms with Crippen molar-refractivity contribution in [3.05, 3.63) is 54.1 Å². The second-order valence-electron chi connectivity index (χ2n) is 6.46. The van der Waals surface area contributed by atoms with Gasteiger partial charge in [0, 0.05) is 18.8 Å². The number of benzene rings is 2. The zero-order valence-electron chi connectivity index (χ0n) is 14.9. The Morgan fingerprint density at radius 2 is 1.43 bits per heavy atom. The lowest BCUT2D eigenvalue weighted by molar-refractivity contribution is -0.136. The molecule has 1 fully saturated rings. The highest BCUT2D eigenvalue weighted by molar-refractivity contribution is 7.92. The van der Waals surface area contributed by atoms with Gasteiger partial charge in [0.05, 0.1) is 16.2 Å². The fraction of sp³-hybridized carbons (Fsp3) is 0.278. The van der Waals surface area contributed by atoms with Crippen LogP contribution >= 0.6 is 0 Å². The molecule has 8 nitrogen and oxygen atoms in total. The number of rotatable bonds is 7. The molecule has 28 heavy (non-hydrogen) atoms. The summed E-state index contributed by atoms with van der Waals surface area (Å²) < 4.78 is 53.9. The van der Waals surface area contributed by atoms with Gasteiger partial charge in [-0.15, -0.1) is 0 Å². The largest absolute Gasteiger partial charge is 0.481 e. The van der Waals surface area contributed by atoms with E-state index < -0.39 is 26.0 Å². The monoisotopic (exact) mass is 424 g/mol. The molecule has 0 unspecified atom stereocenters. The summed E-state index contributed by atoms with van der Waals surface area (Å²) in [6, 6.07) is 11.1. The van der Waals surface area contributed by atoms with Crippen LogP contribution in [0.5, 0.6) is 0 Å². The lowest BCUT2D eigenvalue weighted by atomic mass is 10.1. The van der Waals surface area contributed by atoms with E-state index in [4.69, 9.17) is 5.11 Å². The summed E-state index contributed by atoms with van der Waals surface area (Å²) in [5, 5.41) is 8.76. The summed E-state index contributed by atoms with van der Waals surface area (Å²) in [5.41, 5.74) is 0.829. The summed E-state index contributed by atoms with van der Waals surface area (Å²) in [5.74, 6) is -0.975. The average molecular weight is 425 g/mol. The van der Waals surface area contributed by atoms with Gasteiger partial charge in [0.15, 0.2) is 0 Å². The van der Waals surface area contributed by atoms with E-state index >= 15 is 0 Å². The summed E-state index contributed by atoms with van der Waals surface area (Å²) in [7, 11) is -7.51. The highest BCUT2D eigenvalue weighted by Crippen LogP contribution is 2.23. The van der Waals surface area contributed by atoms with Crippen LogP contribution in [-0.2, 0) is 31.3 Å². The third-order valence-electron chi connectivity index (χ3n) is 4.40. The maximum atomic E-state index is 12.5. The molecule has 2 aromatic carbocycles. The number of hydrogen-bond acceptors (Lipinski definition) is 5. The molecule has 1 saturated heterocycles. The molecule has 0 bridgehead atoms. The van der Waals surface area contributed by atoms with Crippen LogP contribution < -0.4 is 4.72 Å². The molecule has 0 saturated carbocycles. The van der Waals surface area contributed by atoms with Crippen molar-refractivity contribution in [2.45, 2.75) is 29.1 Å². The smallest absolute Gasteiger partial charge is 0.307 e. The molecular weight excluding hydrogens is 404 g/mol. The van der Waals surface area contributed by atoms with Gasteiger partial charge in [0.1, 0.15) is 0 Å². The van der Waals surface area contributed by atoms with Crippen LogP contribution in [0.25, 0.3) is 0 Å². The van der Waals surface area contributed by atoms with E-state index in [0.29, 0.717) is 18.7 Å². The highest BCUT2D eigenvalue weighted by atomic mass is 32.2. The van der Waals surface area contributed by atoms with Crippen molar-refractivity contribution in [3.63, 3.8) is 0 Å². The Hall–Kier alpha value is -2.43. The second kappa shape index (κ2) is 7.90. The first-order valence-corrected chi connectivity index (χ1v) is 11.5. The molecule has 0 atom stereocenters. The summed E-state index contributed by atoms with van der Waals surface area (Å²) in [6.07, 6.45) is 1.49. The minimum absolute atomic E-state index is 0.0615. The van der Waals surface area contributed by atoms with E-state index in [1.807, 2.05) is 0 Å². The number of nitrogens with zero attached hydrogens (tertiary/aromatic N) is 1. The third-order valence-corrected chi connectivity index (χ3v) is 7.71. The molecular formula is C18H20N2O6S2. The zero-order chi connectivity index (χ0) is 20.4. The van der Waals surface area contributed by atoms with Crippen LogP contribution in [0.3, 0.4) is 0 Å². The first kappa shape index (κ1) is 20.3. The van der Waals surface area contributed by atoms with Gasteiger partial charge in [0.25, 0.3) is 10.0 Å². The minimum Gasteiger partial charge on any atom is -0.481 e. The Labute approximate surface area is 163 Å². The number of carboxylic acids is 1. The van der Waals surface area contributed by atoms with E-state index in [0.717, 1.165) is 12.8 Å². The lowest BCUT2D eigenvalue weighted by Crippen LogP contribution is -2.27. The number of carbonyl (C=O) groups is 1. The van der Waals surface area contributed by atoms with Crippen LogP contribution in [0.2, 0.25) is 0 Å². The molecule has 3 rings (SSSR count). The van der Waals surface area contributed by atoms with Crippen LogP contribution in [-0.4, -0.2) is 45.3 Å². The van der Waals surface area contributed by atoms with E-state index in [2.05, 4.69) is 4.72 Å². The van der Waals surface area contributed by atoms with Crippen molar-refractivity contribution >= 4 is 31.7 Å². The first-order chi connectivity index (χ1) is 13.2. The molecule has 2 aromatic rings. The SMILES string of the molecule is O=C(O)Cc1ccc(NS(=O)(=O)c2ccc(S(=O)(=O)N3CCCC3)cc2)cc1. The third kappa shape index (κ3) is 4.51. The van der Waals surface area contributed by atoms with Crippen molar-refractivity contribution in [1.82, 2.24) is 4.31 Å².